The van der Waals surface area contributed by atoms with E-state index in [4.69, 9.17) is 18.3 Å². The lowest BCUT2D eigenvalue weighted by atomic mass is 10.2. The van der Waals surface area contributed by atoms with Crippen LogP contribution in [-0.4, -0.2) is 49.2 Å². The lowest BCUT2D eigenvalue weighted by molar-refractivity contribution is 0.0882. The van der Waals surface area contributed by atoms with Gasteiger partial charge in [-0.2, -0.15) is 0 Å². The van der Waals surface area contributed by atoms with Gasteiger partial charge in [0.1, 0.15) is 0 Å². The van der Waals surface area contributed by atoms with Gasteiger partial charge in [0, 0.05) is 14.2 Å². The first kappa shape index (κ1) is 17.8. The zero-order valence-corrected chi connectivity index (χ0v) is 13.1. The van der Waals surface area contributed by atoms with Crippen molar-refractivity contribution in [2.45, 2.75) is 31.9 Å². The minimum absolute atomic E-state index is 0.605. The molecule has 0 heterocycles. The van der Waals surface area contributed by atoms with Gasteiger partial charge in [-0.3, -0.25) is 0 Å². The summed E-state index contributed by atoms with van der Waals surface area (Å²) in [4.78, 5) is 0. The topological polar surface area (TPSA) is 36.9 Å². The van der Waals surface area contributed by atoms with E-state index in [1.807, 2.05) is 6.08 Å². The Hall–Kier alpha value is -0.203. The average molecular weight is 276 g/mol. The van der Waals surface area contributed by atoms with Crippen LogP contribution in [0.1, 0.15) is 19.3 Å². The predicted molar refractivity (Wildman–Crippen MR) is 76.1 cm³/mol. The molecule has 0 atom stereocenters. The Labute approximate surface area is 113 Å². The van der Waals surface area contributed by atoms with Crippen molar-refractivity contribution in [3.8, 4) is 0 Å². The van der Waals surface area contributed by atoms with Crippen LogP contribution in [-0.2, 0) is 18.3 Å². The summed E-state index contributed by atoms with van der Waals surface area (Å²) < 4.78 is 21.8. The van der Waals surface area contributed by atoms with Crippen molar-refractivity contribution >= 4 is 8.56 Å². The van der Waals surface area contributed by atoms with E-state index in [9.17, 15) is 0 Å². The monoisotopic (exact) mass is 276 g/mol. The summed E-state index contributed by atoms with van der Waals surface area (Å²) in [6, 6.07) is 1.01. The number of allylic oxidation sites excluding steroid dienone is 1. The Balaban J connectivity index is 3.98. The Bertz CT molecular complexity index is 189. The van der Waals surface area contributed by atoms with Gasteiger partial charge in [-0.15, -0.1) is 6.58 Å². The summed E-state index contributed by atoms with van der Waals surface area (Å²) in [5.41, 5.74) is 0. The van der Waals surface area contributed by atoms with Gasteiger partial charge in [-0.25, -0.2) is 0 Å². The largest absolute Gasteiger partial charge is 0.392 e. The molecule has 0 unspecified atom stereocenters. The molecular weight excluding hydrogens is 248 g/mol. The predicted octanol–water partition coefficient (Wildman–Crippen LogP) is 2.74. The van der Waals surface area contributed by atoms with Crippen molar-refractivity contribution in [3.05, 3.63) is 12.7 Å². The maximum Gasteiger partial charge on any atom is 0.335 e. The van der Waals surface area contributed by atoms with E-state index in [1.165, 1.54) is 0 Å². The van der Waals surface area contributed by atoms with Crippen LogP contribution in [0.2, 0.25) is 12.6 Å². The molecular formula is C13H28O4Si. The van der Waals surface area contributed by atoms with Crippen LogP contribution in [0.15, 0.2) is 12.7 Å². The van der Waals surface area contributed by atoms with E-state index >= 15 is 0 Å². The number of ether oxygens (including phenoxy) is 2. The molecule has 0 aromatic rings. The first-order valence-electron chi connectivity index (χ1n) is 6.55. The lowest BCUT2D eigenvalue weighted by Crippen LogP contribution is -2.40. The highest BCUT2D eigenvalue weighted by Gasteiger charge is 2.30. The molecule has 0 saturated heterocycles. The maximum atomic E-state index is 5.91. The zero-order chi connectivity index (χ0) is 13.7. The van der Waals surface area contributed by atoms with Crippen molar-refractivity contribution in [2.24, 2.45) is 0 Å². The van der Waals surface area contributed by atoms with Gasteiger partial charge in [0.15, 0.2) is 0 Å². The van der Waals surface area contributed by atoms with E-state index in [1.54, 1.807) is 14.2 Å². The molecule has 5 heteroatoms. The Morgan fingerprint density at radius 2 is 1.50 bits per heavy atom. The van der Waals surface area contributed by atoms with Crippen molar-refractivity contribution in [1.82, 2.24) is 0 Å². The average Bonchev–Trinajstić information content (AvgIpc) is 2.36. The van der Waals surface area contributed by atoms with E-state index in [0.29, 0.717) is 26.4 Å². The third kappa shape index (κ3) is 9.79. The van der Waals surface area contributed by atoms with Crippen LogP contribution in [0.4, 0.5) is 0 Å². The number of methoxy groups -OCH3 is 2. The summed E-state index contributed by atoms with van der Waals surface area (Å²) in [5, 5.41) is 0. The molecule has 0 aromatic heterocycles. The molecule has 0 fully saturated rings. The van der Waals surface area contributed by atoms with E-state index in [0.717, 1.165) is 25.3 Å². The van der Waals surface area contributed by atoms with Crippen LogP contribution in [0.25, 0.3) is 0 Å². The maximum absolute atomic E-state index is 5.91. The van der Waals surface area contributed by atoms with Gasteiger partial charge < -0.3 is 18.3 Å². The Morgan fingerprint density at radius 1 is 0.944 bits per heavy atom. The summed E-state index contributed by atoms with van der Waals surface area (Å²) in [6.45, 7) is 8.29. The van der Waals surface area contributed by atoms with Crippen molar-refractivity contribution in [2.75, 3.05) is 40.6 Å². The Kier molecular flexibility index (Phi) is 11.7. The second-order valence-corrected chi connectivity index (χ2v) is 7.70. The van der Waals surface area contributed by atoms with Crippen molar-refractivity contribution < 1.29 is 18.3 Å². The Morgan fingerprint density at radius 3 is 1.94 bits per heavy atom. The highest BCUT2D eigenvalue weighted by molar-refractivity contribution is 6.66. The normalized spacial score (nSPS) is 11.7. The summed E-state index contributed by atoms with van der Waals surface area (Å²) in [6.07, 6.45) is 5.28. The third-order valence-electron chi connectivity index (χ3n) is 2.68. The molecule has 108 valence electrons. The molecule has 0 bridgehead atoms. The summed E-state index contributed by atoms with van der Waals surface area (Å²) >= 11 is 0. The van der Waals surface area contributed by atoms with Crippen LogP contribution in [0.5, 0.6) is 0 Å². The molecule has 0 N–H and O–H groups in total. The minimum atomic E-state index is -2.07. The highest BCUT2D eigenvalue weighted by Crippen LogP contribution is 2.18. The van der Waals surface area contributed by atoms with E-state index < -0.39 is 8.56 Å². The number of hydrogen-bond acceptors (Lipinski definition) is 4. The van der Waals surface area contributed by atoms with Crippen LogP contribution in [0.3, 0.4) is 0 Å². The molecule has 0 spiro atoms. The summed E-state index contributed by atoms with van der Waals surface area (Å²) in [5.74, 6) is 0. The molecule has 18 heavy (non-hydrogen) atoms. The van der Waals surface area contributed by atoms with Gasteiger partial charge in [0.2, 0.25) is 0 Å². The number of unbranched alkanes of at least 4 members (excludes halogenated alkanes) is 2. The quantitative estimate of drug-likeness (QED) is 0.294. The molecule has 0 amide bonds. The highest BCUT2D eigenvalue weighted by atomic mass is 28.4. The van der Waals surface area contributed by atoms with Gasteiger partial charge in [0.25, 0.3) is 0 Å². The van der Waals surface area contributed by atoms with Gasteiger partial charge in [-0.05, 0) is 25.4 Å². The van der Waals surface area contributed by atoms with Crippen molar-refractivity contribution in [3.63, 3.8) is 0 Å². The van der Waals surface area contributed by atoms with E-state index in [-0.39, 0.29) is 0 Å². The molecule has 0 aliphatic rings. The molecule has 4 nitrogen and oxygen atoms in total. The van der Waals surface area contributed by atoms with Crippen molar-refractivity contribution in [1.29, 1.82) is 0 Å². The molecule has 0 saturated carbocycles. The number of rotatable bonds is 13. The SMILES string of the molecule is C=CCCCC[Si](C)(OCCOC)OCCOC. The van der Waals surface area contributed by atoms with Gasteiger partial charge in [-0.1, -0.05) is 12.5 Å². The third-order valence-corrected chi connectivity index (χ3v) is 5.57. The van der Waals surface area contributed by atoms with Gasteiger partial charge >= 0.3 is 8.56 Å². The summed E-state index contributed by atoms with van der Waals surface area (Å²) in [7, 11) is 1.29. The molecule has 0 aliphatic carbocycles. The van der Waals surface area contributed by atoms with Crippen LogP contribution < -0.4 is 0 Å². The second kappa shape index (κ2) is 11.9. The fourth-order valence-corrected chi connectivity index (χ4v) is 3.90. The zero-order valence-electron chi connectivity index (χ0n) is 12.1. The van der Waals surface area contributed by atoms with E-state index in [2.05, 4.69) is 13.1 Å². The number of hydrogen-bond donors (Lipinski definition) is 0. The fraction of sp³-hybridized carbons (Fsp3) is 0.846. The second-order valence-electron chi connectivity index (χ2n) is 4.35. The lowest BCUT2D eigenvalue weighted by Gasteiger charge is -2.27. The standard InChI is InChI=1S/C13H28O4Si/c1-5-6-7-8-13-18(4,16-11-9-14-2)17-12-10-15-3/h5H,1,6-13H2,2-4H3. The molecule has 0 aliphatic heterocycles. The fourth-order valence-electron chi connectivity index (χ4n) is 1.60. The molecule has 0 aromatic carbocycles. The molecule has 0 rings (SSSR count). The smallest absolute Gasteiger partial charge is 0.335 e. The first-order valence-corrected chi connectivity index (χ1v) is 9.07. The van der Waals surface area contributed by atoms with Gasteiger partial charge in [0.05, 0.1) is 26.4 Å². The molecule has 0 radical (unpaired) electrons. The first-order chi connectivity index (χ1) is 8.68. The van der Waals surface area contributed by atoms with Crippen LogP contribution in [0, 0.1) is 0 Å². The minimum Gasteiger partial charge on any atom is -0.392 e. The van der Waals surface area contributed by atoms with Crippen LogP contribution >= 0.6 is 0 Å².